The third-order valence-corrected chi connectivity index (χ3v) is 9.35. The number of carbonyl (C=O) groups excluding carboxylic acids is 1. The van der Waals surface area contributed by atoms with Crippen molar-refractivity contribution in [3.8, 4) is 5.75 Å². The molecular weight excluding hydrogens is 502 g/mol. The Morgan fingerprint density at radius 2 is 1.82 bits per heavy atom. The van der Waals surface area contributed by atoms with Crippen molar-refractivity contribution in [3.05, 3.63) is 72.8 Å². The molecule has 1 unspecified atom stereocenters. The Morgan fingerprint density at radius 3 is 2.45 bits per heavy atom. The van der Waals surface area contributed by atoms with Gasteiger partial charge in [-0.2, -0.15) is 4.31 Å². The number of ether oxygens (including phenoxy) is 1. The van der Waals surface area contributed by atoms with Crippen molar-refractivity contribution in [2.75, 3.05) is 39.8 Å². The average molecular weight is 542 g/mol. The fourth-order valence-corrected chi connectivity index (χ4v) is 7.09. The molecule has 0 spiro atoms. The zero-order valence-electron chi connectivity index (χ0n) is 22.1. The number of benzene rings is 2. The number of hydrogen-bond acceptors (Lipinski definition) is 5. The SMILES string of the molecule is C=CCN1C[C@H](Cc2ccccc2)N(CC(O)CN(CC2CCCC2)S(=O)(=O)c2ccc(OC)cc2)C1=O. The number of β-amino-alcohol motifs (C(OH)–C–C–N with tert-alkyl or cyclic N) is 1. The van der Waals surface area contributed by atoms with E-state index in [2.05, 4.69) is 6.58 Å². The van der Waals surface area contributed by atoms with Gasteiger partial charge < -0.3 is 19.6 Å². The Morgan fingerprint density at radius 1 is 1.13 bits per heavy atom. The molecule has 4 rings (SSSR count). The number of carbonyl (C=O) groups is 1. The van der Waals surface area contributed by atoms with E-state index in [-0.39, 0.29) is 36.0 Å². The highest BCUT2D eigenvalue weighted by atomic mass is 32.2. The molecule has 2 atom stereocenters. The molecule has 2 amide bonds. The highest BCUT2D eigenvalue weighted by Gasteiger charge is 2.38. The standard InChI is InChI=1S/C29H39N3O5S/c1-3-17-30-20-25(18-23-9-5-4-6-10-23)32(29(30)34)22-26(33)21-31(19-24-11-7-8-12-24)38(35,36)28-15-13-27(37-2)14-16-28/h3-6,9-10,13-16,24-26,33H,1,7-8,11-12,17-22H2,2H3/t25-,26?/m0/s1. The van der Waals surface area contributed by atoms with E-state index in [1.165, 1.54) is 23.5 Å². The molecule has 2 aromatic rings. The summed E-state index contributed by atoms with van der Waals surface area (Å²) in [6.07, 6.45) is 5.45. The van der Waals surface area contributed by atoms with Crippen molar-refractivity contribution in [2.24, 2.45) is 5.92 Å². The Hall–Kier alpha value is -2.88. The lowest BCUT2D eigenvalue weighted by atomic mass is 10.1. The van der Waals surface area contributed by atoms with E-state index in [4.69, 9.17) is 4.74 Å². The van der Waals surface area contributed by atoms with E-state index in [9.17, 15) is 18.3 Å². The van der Waals surface area contributed by atoms with Crippen molar-refractivity contribution in [1.82, 2.24) is 14.1 Å². The van der Waals surface area contributed by atoms with Gasteiger partial charge in [0.05, 0.1) is 30.7 Å². The van der Waals surface area contributed by atoms with Gasteiger partial charge in [-0.15, -0.1) is 6.58 Å². The molecule has 8 nitrogen and oxygen atoms in total. The first-order chi connectivity index (χ1) is 18.3. The number of amides is 2. The summed E-state index contributed by atoms with van der Waals surface area (Å²) in [7, 11) is -2.31. The molecule has 2 aromatic carbocycles. The Balaban J connectivity index is 1.52. The minimum Gasteiger partial charge on any atom is -0.497 e. The molecule has 1 saturated heterocycles. The Kier molecular flexibility index (Phi) is 9.46. The van der Waals surface area contributed by atoms with Crippen LogP contribution in [0, 0.1) is 5.92 Å². The van der Waals surface area contributed by atoms with E-state index in [0.29, 0.717) is 31.8 Å². The van der Waals surface area contributed by atoms with Crippen molar-refractivity contribution < 1.29 is 23.1 Å². The molecule has 2 aliphatic rings. The fraction of sp³-hybridized carbons (Fsp3) is 0.483. The van der Waals surface area contributed by atoms with Crippen LogP contribution in [0.2, 0.25) is 0 Å². The number of hydrogen-bond donors (Lipinski definition) is 1. The average Bonchev–Trinajstić information content (AvgIpc) is 3.53. The smallest absolute Gasteiger partial charge is 0.320 e. The highest BCUT2D eigenvalue weighted by Crippen LogP contribution is 2.29. The van der Waals surface area contributed by atoms with Crippen LogP contribution >= 0.6 is 0 Å². The number of methoxy groups -OCH3 is 1. The molecule has 0 radical (unpaired) electrons. The molecule has 0 aromatic heterocycles. The van der Waals surface area contributed by atoms with Crippen LogP contribution in [0.15, 0.2) is 72.1 Å². The molecular formula is C29H39N3O5S. The highest BCUT2D eigenvalue weighted by molar-refractivity contribution is 7.89. The summed E-state index contributed by atoms with van der Waals surface area (Å²) >= 11 is 0. The van der Waals surface area contributed by atoms with Crippen molar-refractivity contribution in [1.29, 1.82) is 0 Å². The molecule has 1 heterocycles. The molecule has 1 aliphatic carbocycles. The third kappa shape index (κ3) is 6.76. The van der Waals surface area contributed by atoms with Crippen LogP contribution in [0.25, 0.3) is 0 Å². The number of nitrogens with zero attached hydrogens (tertiary/aromatic N) is 3. The largest absolute Gasteiger partial charge is 0.497 e. The fourth-order valence-electron chi connectivity index (χ4n) is 5.53. The third-order valence-electron chi connectivity index (χ3n) is 7.51. The van der Waals surface area contributed by atoms with E-state index < -0.39 is 16.1 Å². The van der Waals surface area contributed by atoms with Gasteiger partial charge in [0.1, 0.15) is 5.75 Å². The number of aliphatic hydroxyl groups is 1. The molecule has 1 saturated carbocycles. The van der Waals surface area contributed by atoms with Gasteiger partial charge in [-0.25, -0.2) is 13.2 Å². The number of rotatable bonds is 13. The molecule has 1 aliphatic heterocycles. The first-order valence-corrected chi connectivity index (χ1v) is 14.8. The van der Waals surface area contributed by atoms with Crippen molar-refractivity contribution in [3.63, 3.8) is 0 Å². The lowest BCUT2D eigenvalue weighted by molar-refractivity contribution is 0.0958. The second-order valence-electron chi connectivity index (χ2n) is 10.3. The normalized spacial score (nSPS) is 19.3. The van der Waals surface area contributed by atoms with Crippen LogP contribution in [0.4, 0.5) is 4.79 Å². The predicted octanol–water partition coefficient (Wildman–Crippen LogP) is 3.77. The van der Waals surface area contributed by atoms with Gasteiger partial charge in [0.15, 0.2) is 0 Å². The number of sulfonamides is 1. The second kappa shape index (κ2) is 12.8. The molecule has 1 N–H and O–H groups in total. The molecule has 9 heteroatoms. The van der Waals surface area contributed by atoms with Crippen LogP contribution in [-0.2, 0) is 16.4 Å². The van der Waals surface area contributed by atoms with Crippen LogP contribution in [0.5, 0.6) is 5.75 Å². The van der Waals surface area contributed by atoms with E-state index in [0.717, 1.165) is 31.2 Å². The minimum absolute atomic E-state index is 0.0588. The molecule has 38 heavy (non-hydrogen) atoms. The Labute approximate surface area is 226 Å². The summed E-state index contributed by atoms with van der Waals surface area (Å²) in [5.74, 6) is 0.838. The minimum atomic E-state index is -3.85. The number of urea groups is 1. The van der Waals surface area contributed by atoms with Gasteiger partial charge in [-0.05, 0) is 55.0 Å². The summed E-state index contributed by atoms with van der Waals surface area (Å²) in [4.78, 5) is 16.8. The lowest BCUT2D eigenvalue weighted by Gasteiger charge is -2.30. The van der Waals surface area contributed by atoms with Crippen LogP contribution in [-0.4, -0.2) is 85.6 Å². The monoisotopic (exact) mass is 541 g/mol. The first kappa shape index (κ1) is 28.1. The van der Waals surface area contributed by atoms with Crippen LogP contribution < -0.4 is 4.74 Å². The summed E-state index contributed by atoms with van der Waals surface area (Å²) in [5, 5.41) is 11.2. The van der Waals surface area contributed by atoms with Gasteiger partial charge in [0.25, 0.3) is 0 Å². The summed E-state index contributed by atoms with van der Waals surface area (Å²) in [5.41, 5.74) is 1.11. The molecule has 0 bridgehead atoms. The number of aliphatic hydroxyl groups excluding tert-OH is 1. The lowest BCUT2D eigenvalue weighted by Crippen LogP contribution is -2.47. The van der Waals surface area contributed by atoms with Gasteiger partial charge in [0, 0.05) is 26.2 Å². The van der Waals surface area contributed by atoms with E-state index in [1.807, 2.05) is 30.3 Å². The van der Waals surface area contributed by atoms with Gasteiger partial charge in [-0.3, -0.25) is 0 Å². The van der Waals surface area contributed by atoms with Gasteiger partial charge in [0.2, 0.25) is 10.0 Å². The maximum Gasteiger partial charge on any atom is 0.320 e. The van der Waals surface area contributed by atoms with Crippen molar-refractivity contribution in [2.45, 2.75) is 49.1 Å². The Bertz CT molecular complexity index is 1170. The molecule has 206 valence electrons. The second-order valence-corrected chi connectivity index (χ2v) is 12.2. The summed E-state index contributed by atoms with van der Waals surface area (Å²) in [6.45, 7) is 5.06. The first-order valence-electron chi connectivity index (χ1n) is 13.3. The summed E-state index contributed by atoms with van der Waals surface area (Å²) in [6, 6.07) is 16.0. The predicted molar refractivity (Wildman–Crippen MR) is 148 cm³/mol. The van der Waals surface area contributed by atoms with Crippen LogP contribution in [0.3, 0.4) is 0 Å². The maximum atomic E-state index is 13.7. The van der Waals surface area contributed by atoms with E-state index >= 15 is 0 Å². The topological polar surface area (TPSA) is 90.4 Å². The zero-order valence-corrected chi connectivity index (χ0v) is 22.9. The zero-order chi connectivity index (χ0) is 27.1. The van der Waals surface area contributed by atoms with Gasteiger partial charge >= 0.3 is 6.03 Å². The molecule has 2 fully saturated rings. The van der Waals surface area contributed by atoms with Crippen LogP contribution in [0.1, 0.15) is 31.2 Å². The van der Waals surface area contributed by atoms with E-state index in [1.54, 1.807) is 28.0 Å². The maximum absolute atomic E-state index is 13.7. The van der Waals surface area contributed by atoms with Crippen molar-refractivity contribution >= 4 is 16.1 Å². The van der Waals surface area contributed by atoms with Gasteiger partial charge in [-0.1, -0.05) is 49.2 Å². The quantitative estimate of drug-likeness (QED) is 0.390. The summed E-state index contributed by atoms with van der Waals surface area (Å²) < 4.78 is 33.9.